The lowest BCUT2D eigenvalue weighted by atomic mass is 10.1. The van der Waals surface area contributed by atoms with Gasteiger partial charge in [-0.15, -0.1) is 0 Å². The molecule has 21 heavy (non-hydrogen) atoms. The number of rotatable bonds is 4. The summed E-state index contributed by atoms with van der Waals surface area (Å²) >= 11 is 0. The van der Waals surface area contributed by atoms with Gasteiger partial charge in [-0.2, -0.15) is 0 Å². The van der Waals surface area contributed by atoms with E-state index in [4.69, 9.17) is 10.5 Å². The number of benzene rings is 1. The molecule has 0 spiro atoms. The summed E-state index contributed by atoms with van der Waals surface area (Å²) in [6, 6.07) is 6.02. The van der Waals surface area contributed by atoms with Crippen LogP contribution in [-0.4, -0.2) is 27.5 Å². The Balaban J connectivity index is 2.46. The Kier molecular flexibility index (Phi) is 4.07. The molecule has 0 saturated carbocycles. The van der Waals surface area contributed by atoms with Gasteiger partial charge in [0.1, 0.15) is 11.4 Å². The van der Waals surface area contributed by atoms with E-state index in [1.165, 1.54) is 24.4 Å². The number of anilines is 1. The standard InChI is InChI=1S/C13H12N4O4/c1-2-21-13(18)9-7-15-12(16-11(9)14)8-5-3-4-6-10(8)17(19)20/h3-7H,2H2,1H3,(H2,14,15,16). The number of carbonyl (C=O) groups excluding carboxylic acids is 1. The zero-order valence-electron chi connectivity index (χ0n) is 11.1. The van der Waals surface area contributed by atoms with Crippen LogP contribution in [0.25, 0.3) is 11.4 Å². The molecule has 108 valence electrons. The number of nitro groups is 1. The van der Waals surface area contributed by atoms with Crippen molar-refractivity contribution >= 4 is 17.5 Å². The van der Waals surface area contributed by atoms with Crippen molar-refractivity contribution in [1.82, 2.24) is 9.97 Å². The molecule has 0 aliphatic rings. The summed E-state index contributed by atoms with van der Waals surface area (Å²) in [5.74, 6) is -0.645. The molecule has 0 unspecified atom stereocenters. The lowest BCUT2D eigenvalue weighted by molar-refractivity contribution is -0.384. The first-order valence-electron chi connectivity index (χ1n) is 6.08. The second-order valence-electron chi connectivity index (χ2n) is 3.99. The number of nitrogens with two attached hydrogens (primary N) is 1. The lowest BCUT2D eigenvalue weighted by Crippen LogP contribution is -2.11. The Bertz CT molecular complexity index is 702. The maximum absolute atomic E-state index is 11.6. The van der Waals surface area contributed by atoms with Crippen LogP contribution >= 0.6 is 0 Å². The first-order valence-corrected chi connectivity index (χ1v) is 6.08. The van der Waals surface area contributed by atoms with Gasteiger partial charge in [-0.3, -0.25) is 10.1 Å². The van der Waals surface area contributed by atoms with E-state index in [1.807, 2.05) is 0 Å². The molecule has 0 aliphatic carbocycles. The number of hydrogen-bond acceptors (Lipinski definition) is 7. The molecule has 0 saturated heterocycles. The van der Waals surface area contributed by atoms with Crippen LogP contribution in [0, 0.1) is 10.1 Å². The summed E-state index contributed by atoms with van der Waals surface area (Å²) in [6.07, 6.45) is 1.20. The minimum atomic E-state index is -0.635. The third kappa shape index (κ3) is 2.94. The van der Waals surface area contributed by atoms with Crippen LogP contribution in [-0.2, 0) is 4.74 Å². The molecule has 2 N–H and O–H groups in total. The number of para-hydroxylation sites is 1. The maximum atomic E-state index is 11.6. The Morgan fingerprint density at radius 1 is 1.43 bits per heavy atom. The van der Waals surface area contributed by atoms with Crippen molar-refractivity contribution in [3.63, 3.8) is 0 Å². The molecule has 8 heteroatoms. The molecule has 1 aromatic carbocycles. The highest BCUT2D eigenvalue weighted by molar-refractivity contribution is 5.94. The fourth-order valence-corrected chi connectivity index (χ4v) is 1.71. The van der Waals surface area contributed by atoms with Gasteiger partial charge < -0.3 is 10.5 Å². The summed E-state index contributed by atoms with van der Waals surface area (Å²) < 4.78 is 4.81. The molecule has 1 heterocycles. The topological polar surface area (TPSA) is 121 Å². The second kappa shape index (κ2) is 5.95. The number of hydrogen-bond donors (Lipinski definition) is 1. The first kappa shape index (κ1) is 14.4. The minimum absolute atomic E-state index is 0.0270. The molecule has 1 aromatic heterocycles. The average Bonchev–Trinajstić information content (AvgIpc) is 2.47. The zero-order chi connectivity index (χ0) is 15.4. The molecule has 0 atom stereocenters. The minimum Gasteiger partial charge on any atom is -0.462 e. The van der Waals surface area contributed by atoms with Gasteiger partial charge in [-0.05, 0) is 13.0 Å². The van der Waals surface area contributed by atoms with E-state index in [0.29, 0.717) is 0 Å². The van der Waals surface area contributed by atoms with Gasteiger partial charge in [-0.25, -0.2) is 14.8 Å². The summed E-state index contributed by atoms with van der Waals surface area (Å²) in [7, 11) is 0. The van der Waals surface area contributed by atoms with Crippen LogP contribution in [0.4, 0.5) is 11.5 Å². The van der Waals surface area contributed by atoms with E-state index in [9.17, 15) is 14.9 Å². The van der Waals surface area contributed by atoms with E-state index < -0.39 is 10.9 Å². The molecule has 8 nitrogen and oxygen atoms in total. The number of nitro benzene ring substituents is 1. The number of aromatic nitrogens is 2. The van der Waals surface area contributed by atoms with Gasteiger partial charge in [-0.1, -0.05) is 12.1 Å². The summed E-state index contributed by atoms with van der Waals surface area (Å²) in [5.41, 5.74) is 5.81. The number of ether oxygens (including phenoxy) is 1. The van der Waals surface area contributed by atoms with E-state index in [0.717, 1.165) is 0 Å². The molecule has 0 fully saturated rings. The average molecular weight is 288 g/mol. The van der Waals surface area contributed by atoms with Gasteiger partial charge >= 0.3 is 5.97 Å². The monoisotopic (exact) mass is 288 g/mol. The van der Waals surface area contributed by atoms with Crippen LogP contribution < -0.4 is 5.73 Å². The van der Waals surface area contributed by atoms with E-state index in [2.05, 4.69) is 9.97 Å². The van der Waals surface area contributed by atoms with Crippen molar-refractivity contribution in [2.75, 3.05) is 12.3 Å². The van der Waals surface area contributed by atoms with E-state index >= 15 is 0 Å². The van der Waals surface area contributed by atoms with Gasteiger partial charge in [0.15, 0.2) is 5.82 Å². The van der Waals surface area contributed by atoms with Crippen LogP contribution in [0.15, 0.2) is 30.5 Å². The van der Waals surface area contributed by atoms with Gasteiger partial charge in [0.2, 0.25) is 0 Å². The SMILES string of the molecule is CCOC(=O)c1cnc(-c2ccccc2[N+](=O)[O-])nc1N. The quantitative estimate of drug-likeness (QED) is 0.517. The Hall–Kier alpha value is -3.03. The zero-order valence-corrected chi connectivity index (χ0v) is 11.1. The predicted octanol–water partition coefficient (Wildman–Crippen LogP) is 1.81. The Labute approximate surface area is 119 Å². The predicted molar refractivity (Wildman–Crippen MR) is 74.5 cm³/mol. The number of nitrogens with zero attached hydrogens (tertiary/aromatic N) is 3. The molecular formula is C13H12N4O4. The third-order valence-corrected chi connectivity index (χ3v) is 2.66. The van der Waals surface area contributed by atoms with Crippen LogP contribution in [0.3, 0.4) is 0 Å². The molecule has 0 aliphatic heterocycles. The van der Waals surface area contributed by atoms with Gasteiger partial charge in [0.05, 0.1) is 17.1 Å². The van der Waals surface area contributed by atoms with Crippen LogP contribution in [0.5, 0.6) is 0 Å². The van der Waals surface area contributed by atoms with Gasteiger partial charge in [0, 0.05) is 12.3 Å². The van der Waals surface area contributed by atoms with Crippen molar-refractivity contribution in [3.05, 3.63) is 46.1 Å². The fraction of sp³-hybridized carbons (Fsp3) is 0.154. The Morgan fingerprint density at radius 2 is 2.14 bits per heavy atom. The number of nitrogen functional groups attached to an aromatic ring is 1. The number of carbonyl (C=O) groups is 1. The second-order valence-corrected chi connectivity index (χ2v) is 3.99. The van der Waals surface area contributed by atoms with Crippen molar-refractivity contribution in [2.24, 2.45) is 0 Å². The van der Waals surface area contributed by atoms with Crippen molar-refractivity contribution in [2.45, 2.75) is 6.92 Å². The highest BCUT2D eigenvalue weighted by atomic mass is 16.6. The summed E-state index contributed by atoms with van der Waals surface area (Å²) in [4.78, 5) is 30.0. The highest BCUT2D eigenvalue weighted by Crippen LogP contribution is 2.27. The molecular weight excluding hydrogens is 276 g/mol. The molecule has 2 rings (SSSR count). The van der Waals surface area contributed by atoms with Crippen LogP contribution in [0.2, 0.25) is 0 Å². The van der Waals surface area contributed by atoms with Gasteiger partial charge in [0.25, 0.3) is 5.69 Å². The maximum Gasteiger partial charge on any atom is 0.343 e. The van der Waals surface area contributed by atoms with Crippen LogP contribution in [0.1, 0.15) is 17.3 Å². The first-order chi connectivity index (χ1) is 10.0. The Morgan fingerprint density at radius 3 is 2.76 bits per heavy atom. The molecule has 0 amide bonds. The lowest BCUT2D eigenvalue weighted by Gasteiger charge is -2.06. The van der Waals surface area contributed by atoms with Crippen molar-refractivity contribution in [3.8, 4) is 11.4 Å². The summed E-state index contributed by atoms with van der Waals surface area (Å²) in [5, 5.41) is 11.0. The third-order valence-electron chi connectivity index (χ3n) is 2.66. The summed E-state index contributed by atoms with van der Waals surface area (Å²) in [6.45, 7) is 1.86. The fourth-order valence-electron chi connectivity index (χ4n) is 1.71. The number of esters is 1. The van der Waals surface area contributed by atoms with Crippen molar-refractivity contribution in [1.29, 1.82) is 0 Å². The molecule has 0 bridgehead atoms. The molecule has 2 aromatic rings. The largest absolute Gasteiger partial charge is 0.462 e. The van der Waals surface area contributed by atoms with E-state index in [-0.39, 0.29) is 35.1 Å². The van der Waals surface area contributed by atoms with Crippen molar-refractivity contribution < 1.29 is 14.5 Å². The normalized spacial score (nSPS) is 10.1. The highest BCUT2D eigenvalue weighted by Gasteiger charge is 2.19. The molecule has 0 radical (unpaired) electrons. The van der Waals surface area contributed by atoms with E-state index in [1.54, 1.807) is 13.0 Å². The smallest absolute Gasteiger partial charge is 0.343 e.